The lowest BCUT2D eigenvalue weighted by Gasteiger charge is -2.27. The van der Waals surface area contributed by atoms with Crippen LogP contribution >= 0.6 is 23.1 Å². The SMILES string of the molecule is CSc1ccccc1C(=O)Nc1sc(-c2ccccc2)c(C)c1C(=O)N1CCCCC1. The van der Waals surface area contributed by atoms with Gasteiger partial charge in [0, 0.05) is 22.9 Å². The van der Waals surface area contributed by atoms with Crippen LogP contribution in [-0.4, -0.2) is 36.1 Å². The number of hydrogen-bond donors (Lipinski definition) is 1. The van der Waals surface area contributed by atoms with Crippen LogP contribution in [0, 0.1) is 6.92 Å². The summed E-state index contributed by atoms with van der Waals surface area (Å²) in [4.78, 5) is 30.5. The van der Waals surface area contributed by atoms with Gasteiger partial charge in [0.25, 0.3) is 11.8 Å². The van der Waals surface area contributed by atoms with E-state index in [-0.39, 0.29) is 11.8 Å². The molecule has 4 rings (SSSR count). The first-order chi connectivity index (χ1) is 15.1. The van der Waals surface area contributed by atoms with E-state index in [1.807, 2.05) is 72.7 Å². The van der Waals surface area contributed by atoms with Gasteiger partial charge in [0.2, 0.25) is 0 Å². The number of benzene rings is 2. The van der Waals surface area contributed by atoms with Crippen molar-refractivity contribution in [3.8, 4) is 10.4 Å². The van der Waals surface area contributed by atoms with Gasteiger partial charge in [0.05, 0.1) is 11.1 Å². The minimum absolute atomic E-state index is 0.0177. The molecule has 2 heterocycles. The number of hydrogen-bond acceptors (Lipinski definition) is 4. The fraction of sp³-hybridized carbons (Fsp3) is 0.280. The van der Waals surface area contributed by atoms with E-state index in [1.54, 1.807) is 11.8 Å². The fourth-order valence-electron chi connectivity index (χ4n) is 3.98. The Balaban J connectivity index is 1.74. The van der Waals surface area contributed by atoms with Gasteiger partial charge in [-0.05, 0) is 55.7 Å². The van der Waals surface area contributed by atoms with Crippen LogP contribution in [0.2, 0.25) is 0 Å². The Kier molecular flexibility index (Phi) is 6.78. The summed E-state index contributed by atoms with van der Waals surface area (Å²) in [6.45, 7) is 3.54. The summed E-state index contributed by atoms with van der Waals surface area (Å²) in [5.74, 6) is -0.164. The number of carbonyl (C=O) groups excluding carboxylic acids is 2. The molecule has 0 radical (unpaired) electrons. The third-order valence-corrected chi connectivity index (χ3v) is 7.67. The number of carbonyl (C=O) groups is 2. The number of nitrogens with zero attached hydrogens (tertiary/aromatic N) is 1. The van der Waals surface area contributed by atoms with Gasteiger partial charge in [-0.25, -0.2) is 0 Å². The van der Waals surface area contributed by atoms with Gasteiger partial charge in [-0.2, -0.15) is 0 Å². The summed E-state index contributed by atoms with van der Waals surface area (Å²) in [6, 6.07) is 17.6. The normalized spacial score (nSPS) is 13.8. The zero-order valence-electron chi connectivity index (χ0n) is 17.8. The highest BCUT2D eigenvalue weighted by atomic mass is 32.2. The molecule has 3 aromatic rings. The summed E-state index contributed by atoms with van der Waals surface area (Å²) in [5.41, 5.74) is 3.24. The number of likely N-dealkylation sites (tertiary alicyclic amines) is 1. The van der Waals surface area contributed by atoms with Crippen LogP contribution in [-0.2, 0) is 0 Å². The molecule has 2 amide bonds. The molecule has 1 aliphatic heterocycles. The zero-order valence-corrected chi connectivity index (χ0v) is 19.4. The third kappa shape index (κ3) is 4.55. The maximum atomic E-state index is 13.5. The van der Waals surface area contributed by atoms with Crippen LogP contribution in [0.4, 0.5) is 5.00 Å². The third-order valence-electron chi connectivity index (χ3n) is 5.62. The molecule has 1 saturated heterocycles. The van der Waals surface area contributed by atoms with Crippen molar-refractivity contribution in [1.82, 2.24) is 4.90 Å². The van der Waals surface area contributed by atoms with E-state index in [0.717, 1.165) is 53.3 Å². The molecule has 0 unspecified atom stereocenters. The summed E-state index contributed by atoms with van der Waals surface area (Å²) in [7, 11) is 0. The number of thiophene rings is 1. The van der Waals surface area contributed by atoms with Gasteiger partial charge in [-0.1, -0.05) is 42.5 Å². The maximum absolute atomic E-state index is 13.5. The maximum Gasteiger partial charge on any atom is 0.257 e. The molecule has 4 nitrogen and oxygen atoms in total. The van der Waals surface area contributed by atoms with Gasteiger partial charge in [0.1, 0.15) is 5.00 Å². The van der Waals surface area contributed by atoms with Crippen molar-refractivity contribution in [2.45, 2.75) is 31.1 Å². The van der Waals surface area contributed by atoms with E-state index >= 15 is 0 Å². The van der Waals surface area contributed by atoms with Gasteiger partial charge >= 0.3 is 0 Å². The smallest absolute Gasteiger partial charge is 0.257 e. The minimum atomic E-state index is -0.182. The topological polar surface area (TPSA) is 49.4 Å². The van der Waals surface area contributed by atoms with Crippen LogP contribution < -0.4 is 5.32 Å². The Morgan fingerprint density at radius 1 is 0.968 bits per heavy atom. The minimum Gasteiger partial charge on any atom is -0.339 e. The van der Waals surface area contributed by atoms with E-state index in [1.165, 1.54) is 11.3 Å². The first-order valence-corrected chi connectivity index (χ1v) is 12.6. The average molecular weight is 451 g/mol. The summed E-state index contributed by atoms with van der Waals surface area (Å²) >= 11 is 3.02. The van der Waals surface area contributed by atoms with Gasteiger partial charge < -0.3 is 10.2 Å². The molecule has 31 heavy (non-hydrogen) atoms. The van der Waals surface area contributed by atoms with Crippen molar-refractivity contribution in [2.75, 3.05) is 24.7 Å². The van der Waals surface area contributed by atoms with E-state index < -0.39 is 0 Å². The number of thioether (sulfide) groups is 1. The van der Waals surface area contributed by atoms with Gasteiger partial charge in [-0.3, -0.25) is 9.59 Å². The largest absolute Gasteiger partial charge is 0.339 e. The molecule has 2 aromatic carbocycles. The van der Waals surface area contributed by atoms with Crippen LogP contribution in [0.1, 0.15) is 45.5 Å². The molecule has 1 fully saturated rings. The molecular weight excluding hydrogens is 424 g/mol. The van der Waals surface area contributed by atoms with E-state index in [4.69, 9.17) is 0 Å². The number of anilines is 1. The van der Waals surface area contributed by atoms with Crippen LogP contribution in [0.15, 0.2) is 59.5 Å². The van der Waals surface area contributed by atoms with Crippen molar-refractivity contribution < 1.29 is 9.59 Å². The van der Waals surface area contributed by atoms with Crippen molar-refractivity contribution in [2.24, 2.45) is 0 Å². The van der Waals surface area contributed by atoms with Gasteiger partial charge in [0.15, 0.2) is 0 Å². The Bertz CT molecular complexity index is 1090. The summed E-state index contributed by atoms with van der Waals surface area (Å²) < 4.78 is 0. The van der Waals surface area contributed by atoms with Crippen molar-refractivity contribution >= 4 is 39.9 Å². The highest BCUT2D eigenvalue weighted by Crippen LogP contribution is 2.41. The Hall–Kier alpha value is -2.57. The van der Waals surface area contributed by atoms with E-state index in [0.29, 0.717) is 16.1 Å². The second-order valence-electron chi connectivity index (χ2n) is 7.63. The van der Waals surface area contributed by atoms with Crippen molar-refractivity contribution in [3.05, 3.63) is 71.3 Å². The molecule has 0 aliphatic carbocycles. The van der Waals surface area contributed by atoms with Crippen LogP contribution in [0.3, 0.4) is 0 Å². The fourth-order valence-corrected chi connectivity index (χ4v) is 5.78. The average Bonchev–Trinajstić information content (AvgIpc) is 3.15. The molecule has 160 valence electrons. The summed E-state index contributed by atoms with van der Waals surface area (Å²) in [6.07, 6.45) is 5.18. The predicted octanol–water partition coefficient (Wildman–Crippen LogP) is 6.32. The summed E-state index contributed by atoms with van der Waals surface area (Å²) in [5, 5.41) is 3.70. The Morgan fingerprint density at radius 2 is 1.65 bits per heavy atom. The highest BCUT2D eigenvalue weighted by Gasteiger charge is 2.28. The van der Waals surface area contributed by atoms with Crippen molar-refractivity contribution in [3.63, 3.8) is 0 Å². The molecule has 0 spiro atoms. The molecule has 1 aromatic heterocycles. The first kappa shape index (κ1) is 21.7. The van der Waals surface area contributed by atoms with Crippen LogP contribution in [0.5, 0.6) is 0 Å². The molecule has 1 N–H and O–H groups in total. The molecule has 0 atom stereocenters. The number of piperidine rings is 1. The highest BCUT2D eigenvalue weighted by molar-refractivity contribution is 7.98. The number of nitrogens with one attached hydrogen (secondary N) is 1. The molecule has 6 heteroatoms. The predicted molar refractivity (Wildman–Crippen MR) is 130 cm³/mol. The molecule has 0 saturated carbocycles. The monoisotopic (exact) mass is 450 g/mol. The van der Waals surface area contributed by atoms with Crippen molar-refractivity contribution in [1.29, 1.82) is 0 Å². The second-order valence-corrected chi connectivity index (χ2v) is 9.50. The number of rotatable bonds is 5. The lowest BCUT2D eigenvalue weighted by Crippen LogP contribution is -2.36. The van der Waals surface area contributed by atoms with Crippen LogP contribution in [0.25, 0.3) is 10.4 Å². The first-order valence-electron chi connectivity index (χ1n) is 10.5. The Morgan fingerprint density at radius 3 is 2.35 bits per heavy atom. The molecule has 0 bridgehead atoms. The van der Waals surface area contributed by atoms with Gasteiger partial charge in [-0.15, -0.1) is 23.1 Å². The number of amides is 2. The van der Waals surface area contributed by atoms with E-state index in [2.05, 4.69) is 5.32 Å². The standard InChI is InChI=1S/C25H26N2O2S2/c1-17-21(25(29)27-15-9-4-10-16-27)24(31-22(17)18-11-5-3-6-12-18)26-23(28)19-13-7-8-14-20(19)30-2/h3,5-8,11-14H,4,9-10,15-16H2,1-2H3,(H,26,28). The zero-order chi connectivity index (χ0) is 21.8. The Labute approximate surface area is 191 Å². The molecular formula is C25H26N2O2S2. The second kappa shape index (κ2) is 9.71. The quantitative estimate of drug-likeness (QED) is 0.463. The molecule has 1 aliphatic rings. The lowest BCUT2D eigenvalue weighted by atomic mass is 10.0. The van der Waals surface area contributed by atoms with E-state index in [9.17, 15) is 9.59 Å². The lowest BCUT2D eigenvalue weighted by molar-refractivity contribution is 0.0725.